The molecule has 0 saturated heterocycles. The van der Waals surface area contributed by atoms with Gasteiger partial charge in [-0.2, -0.15) is 0 Å². The molecule has 3 aromatic rings. The van der Waals surface area contributed by atoms with Crippen LogP contribution in [0.3, 0.4) is 0 Å². The Bertz CT molecular complexity index is 847. The number of hydrogen-bond donors (Lipinski definition) is 2. The summed E-state index contributed by atoms with van der Waals surface area (Å²) in [6, 6.07) is 12.2. The fourth-order valence-corrected chi connectivity index (χ4v) is 3.64. The minimum absolute atomic E-state index is 0.201. The van der Waals surface area contributed by atoms with Gasteiger partial charge in [-0.1, -0.05) is 36.4 Å². The maximum absolute atomic E-state index is 10.7. The Balaban J connectivity index is 2.08. The molecule has 0 amide bonds. The lowest BCUT2D eigenvalue weighted by molar-refractivity contribution is 0.400. The molecule has 0 spiro atoms. The summed E-state index contributed by atoms with van der Waals surface area (Å²) in [5.41, 5.74) is 3.74. The predicted octanol–water partition coefficient (Wildman–Crippen LogP) is 4.23. The summed E-state index contributed by atoms with van der Waals surface area (Å²) < 4.78 is 1.63. The average molecular weight is 293 g/mol. The molecule has 4 rings (SSSR count). The molecular formula is C19H19NO2. The number of aryl methyl sites for hydroxylation is 1. The summed E-state index contributed by atoms with van der Waals surface area (Å²) in [4.78, 5) is 0. The first-order valence-corrected chi connectivity index (χ1v) is 7.81. The third kappa shape index (κ3) is 1.75. The van der Waals surface area contributed by atoms with Crippen molar-refractivity contribution in [2.75, 3.05) is 0 Å². The van der Waals surface area contributed by atoms with Crippen LogP contribution in [0.25, 0.3) is 16.5 Å². The Labute approximate surface area is 129 Å². The zero-order valence-corrected chi connectivity index (χ0v) is 12.6. The molecule has 112 valence electrons. The lowest BCUT2D eigenvalue weighted by atomic mass is 9.95. The quantitative estimate of drug-likeness (QED) is 0.705. The molecule has 1 aliphatic carbocycles. The van der Waals surface area contributed by atoms with Gasteiger partial charge in [-0.25, -0.2) is 0 Å². The first-order chi connectivity index (χ1) is 10.7. The number of fused-ring (bicyclic) bond motifs is 2. The molecule has 0 atom stereocenters. The van der Waals surface area contributed by atoms with Crippen LogP contribution in [0.5, 0.6) is 11.8 Å². The molecule has 2 aromatic carbocycles. The largest absolute Gasteiger partial charge is 0.494 e. The number of hydrogen-bond acceptors (Lipinski definition) is 2. The fraction of sp³-hybridized carbons (Fsp3) is 0.263. The molecule has 0 bridgehead atoms. The van der Waals surface area contributed by atoms with Crippen molar-refractivity contribution in [1.82, 2.24) is 4.57 Å². The molecule has 0 fully saturated rings. The van der Waals surface area contributed by atoms with Crippen molar-refractivity contribution in [2.45, 2.75) is 32.6 Å². The highest BCUT2D eigenvalue weighted by molar-refractivity contribution is 5.92. The molecule has 22 heavy (non-hydrogen) atoms. The van der Waals surface area contributed by atoms with E-state index in [1.165, 1.54) is 0 Å². The molecule has 1 aromatic heterocycles. The molecule has 3 heteroatoms. The van der Waals surface area contributed by atoms with Gasteiger partial charge in [-0.3, -0.25) is 4.57 Å². The van der Waals surface area contributed by atoms with Crippen molar-refractivity contribution in [3.63, 3.8) is 0 Å². The second-order valence-electron chi connectivity index (χ2n) is 6.10. The SMILES string of the molecule is Cc1ccc2ccccc2c1-n1c(O)c2c(c1O)CCCC2. The van der Waals surface area contributed by atoms with E-state index in [0.717, 1.165) is 58.8 Å². The van der Waals surface area contributed by atoms with E-state index in [2.05, 4.69) is 12.1 Å². The predicted molar refractivity (Wildman–Crippen MR) is 88.0 cm³/mol. The minimum Gasteiger partial charge on any atom is -0.494 e. The van der Waals surface area contributed by atoms with Crippen LogP contribution in [0.15, 0.2) is 36.4 Å². The lowest BCUT2D eigenvalue weighted by Crippen LogP contribution is -1.98. The van der Waals surface area contributed by atoms with E-state index in [4.69, 9.17) is 0 Å². The van der Waals surface area contributed by atoms with E-state index in [1.807, 2.05) is 31.2 Å². The molecule has 0 aliphatic heterocycles. The van der Waals surface area contributed by atoms with Gasteiger partial charge in [-0.15, -0.1) is 0 Å². The van der Waals surface area contributed by atoms with Crippen molar-refractivity contribution >= 4 is 10.8 Å². The molecule has 1 aliphatic rings. The Morgan fingerprint density at radius 1 is 0.864 bits per heavy atom. The lowest BCUT2D eigenvalue weighted by Gasteiger charge is -2.14. The topological polar surface area (TPSA) is 45.4 Å². The van der Waals surface area contributed by atoms with Gasteiger partial charge in [0.05, 0.1) is 5.69 Å². The Morgan fingerprint density at radius 2 is 1.50 bits per heavy atom. The third-order valence-electron chi connectivity index (χ3n) is 4.76. The maximum Gasteiger partial charge on any atom is 0.202 e. The number of aromatic nitrogens is 1. The zero-order valence-electron chi connectivity index (χ0n) is 12.6. The van der Waals surface area contributed by atoms with Crippen LogP contribution in [-0.4, -0.2) is 14.8 Å². The van der Waals surface area contributed by atoms with Gasteiger partial charge >= 0.3 is 0 Å². The highest BCUT2D eigenvalue weighted by atomic mass is 16.3. The second-order valence-corrected chi connectivity index (χ2v) is 6.10. The molecule has 3 nitrogen and oxygen atoms in total. The van der Waals surface area contributed by atoms with Gasteiger partial charge in [0, 0.05) is 16.5 Å². The van der Waals surface area contributed by atoms with Crippen LogP contribution in [0.4, 0.5) is 0 Å². The van der Waals surface area contributed by atoms with Gasteiger partial charge < -0.3 is 10.2 Å². The Hall–Kier alpha value is -2.42. The van der Waals surface area contributed by atoms with Gasteiger partial charge in [0.1, 0.15) is 0 Å². The fourth-order valence-electron chi connectivity index (χ4n) is 3.64. The maximum atomic E-state index is 10.7. The molecular weight excluding hydrogens is 274 g/mol. The molecule has 2 N–H and O–H groups in total. The average Bonchev–Trinajstić information content (AvgIpc) is 2.80. The Kier molecular flexibility index (Phi) is 2.89. The van der Waals surface area contributed by atoms with Crippen LogP contribution in [0, 0.1) is 6.92 Å². The van der Waals surface area contributed by atoms with Gasteiger partial charge in [0.15, 0.2) is 0 Å². The van der Waals surface area contributed by atoms with Crippen LogP contribution >= 0.6 is 0 Å². The van der Waals surface area contributed by atoms with Crippen LogP contribution < -0.4 is 0 Å². The van der Waals surface area contributed by atoms with Crippen molar-refractivity contribution in [3.8, 4) is 17.4 Å². The van der Waals surface area contributed by atoms with Crippen molar-refractivity contribution in [2.24, 2.45) is 0 Å². The van der Waals surface area contributed by atoms with Crippen LogP contribution in [0.2, 0.25) is 0 Å². The first-order valence-electron chi connectivity index (χ1n) is 7.81. The van der Waals surface area contributed by atoms with E-state index in [1.54, 1.807) is 4.57 Å². The van der Waals surface area contributed by atoms with E-state index >= 15 is 0 Å². The van der Waals surface area contributed by atoms with E-state index < -0.39 is 0 Å². The monoisotopic (exact) mass is 293 g/mol. The van der Waals surface area contributed by atoms with Gasteiger partial charge in [0.2, 0.25) is 11.8 Å². The molecule has 0 saturated carbocycles. The van der Waals surface area contributed by atoms with E-state index in [0.29, 0.717) is 0 Å². The van der Waals surface area contributed by atoms with E-state index in [-0.39, 0.29) is 11.8 Å². The van der Waals surface area contributed by atoms with E-state index in [9.17, 15) is 10.2 Å². The Morgan fingerprint density at radius 3 is 2.18 bits per heavy atom. The van der Waals surface area contributed by atoms with Crippen LogP contribution in [-0.2, 0) is 12.8 Å². The summed E-state index contributed by atoms with van der Waals surface area (Å²) >= 11 is 0. The highest BCUT2D eigenvalue weighted by Crippen LogP contribution is 2.42. The zero-order chi connectivity index (χ0) is 15.3. The minimum atomic E-state index is 0.201. The molecule has 1 heterocycles. The van der Waals surface area contributed by atoms with Crippen molar-refractivity contribution in [3.05, 3.63) is 53.1 Å². The van der Waals surface area contributed by atoms with Crippen molar-refractivity contribution in [1.29, 1.82) is 0 Å². The summed E-state index contributed by atoms with van der Waals surface area (Å²) in [7, 11) is 0. The second kappa shape index (κ2) is 4.80. The number of benzene rings is 2. The molecule has 0 unspecified atom stereocenters. The van der Waals surface area contributed by atoms with Gasteiger partial charge in [-0.05, 0) is 43.6 Å². The smallest absolute Gasteiger partial charge is 0.202 e. The normalized spacial score (nSPS) is 14.2. The molecule has 0 radical (unpaired) electrons. The number of nitrogens with zero attached hydrogens (tertiary/aromatic N) is 1. The van der Waals surface area contributed by atoms with Crippen molar-refractivity contribution < 1.29 is 10.2 Å². The number of rotatable bonds is 1. The summed E-state index contributed by atoms with van der Waals surface area (Å²) in [6.45, 7) is 2.01. The summed E-state index contributed by atoms with van der Waals surface area (Å²) in [5, 5.41) is 23.5. The summed E-state index contributed by atoms with van der Waals surface area (Å²) in [5.74, 6) is 0.401. The van der Waals surface area contributed by atoms with Crippen LogP contribution in [0.1, 0.15) is 29.5 Å². The number of aromatic hydroxyl groups is 2. The third-order valence-corrected chi connectivity index (χ3v) is 4.76. The van der Waals surface area contributed by atoms with Gasteiger partial charge in [0.25, 0.3) is 0 Å². The standard InChI is InChI=1S/C19H19NO2/c1-12-10-11-13-6-2-3-7-14(13)17(12)20-18(21)15-8-4-5-9-16(15)19(20)22/h2-3,6-7,10-11,21-22H,4-5,8-9H2,1H3. The summed E-state index contributed by atoms with van der Waals surface area (Å²) in [6.07, 6.45) is 3.81. The first kappa shape index (κ1) is 13.3. The highest BCUT2D eigenvalue weighted by Gasteiger charge is 2.26.